The molecule has 0 radical (unpaired) electrons. The number of sulfonamides is 1. The Hall–Kier alpha value is -2.47. The van der Waals surface area contributed by atoms with E-state index in [0.29, 0.717) is 41.5 Å². The van der Waals surface area contributed by atoms with Crippen LogP contribution in [0.2, 0.25) is 0 Å². The zero-order valence-electron chi connectivity index (χ0n) is 15.5. The number of fused-ring (bicyclic) bond motifs is 2. The summed E-state index contributed by atoms with van der Waals surface area (Å²) < 4.78 is 40.2. The summed E-state index contributed by atoms with van der Waals surface area (Å²) in [6, 6.07) is 11.5. The van der Waals surface area contributed by atoms with E-state index in [4.69, 9.17) is 9.47 Å². The van der Waals surface area contributed by atoms with Gasteiger partial charge in [0.25, 0.3) is 10.0 Å². The maximum absolute atomic E-state index is 13.0. The first-order chi connectivity index (χ1) is 13.0. The molecule has 0 saturated carbocycles. The molecule has 0 unspecified atom stereocenters. The zero-order chi connectivity index (χ0) is 19.0. The van der Waals surface area contributed by atoms with E-state index < -0.39 is 10.0 Å². The third-order valence-corrected chi connectivity index (χ3v) is 6.40. The fourth-order valence-electron chi connectivity index (χ4n) is 3.62. The van der Waals surface area contributed by atoms with Gasteiger partial charge in [-0.2, -0.15) is 0 Å². The van der Waals surface area contributed by atoms with Gasteiger partial charge >= 0.3 is 0 Å². The quantitative estimate of drug-likeness (QED) is 0.840. The molecule has 5 nitrogen and oxygen atoms in total. The third kappa shape index (κ3) is 3.54. The molecule has 1 aliphatic carbocycles. The molecule has 2 aromatic carbocycles. The summed E-state index contributed by atoms with van der Waals surface area (Å²) in [6.07, 6.45) is 3.83. The lowest BCUT2D eigenvalue weighted by molar-refractivity contribution is 0.254. The minimum absolute atomic E-state index is 0.0823. The summed E-state index contributed by atoms with van der Waals surface area (Å²) in [6.45, 7) is 4.33. The highest BCUT2D eigenvalue weighted by Gasteiger charge is 2.26. The lowest BCUT2D eigenvalue weighted by Crippen LogP contribution is -2.18. The molecule has 1 N–H and O–H groups in total. The van der Waals surface area contributed by atoms with Crippen LogP contribution in [0, 0.1) is 0 Å². The van der Waals surface area contributed by atoms with Gasteiger partial charge in [-0.05, 0) is 50.0 Å². The van der Waals surface area contributed by atoms with E-state index in [1.54, 1.807) is 12.1 Å². The molecule has 6 heteroatoms. The zero-order valence-corrected chi connectivity index (χ0v) is 16.3. The Kier molecular flexibility index (Phi) is 4.60. The van der Waals surface area contributed by atoms with Gasteiger partial charge in [0.2, 0.25) is 0 Å². The van der Waals surface area contributed by atoms with Crippen molar-refractivity contribution in [3.05, 3.63) is 58.0 Å². The summed E-state index contributed by atoms with van der Waals surface area (Å²) in [5.41, 5.74) is 3.59. The average Bonchev–Trinajstić information content (AvgIpc) is 3.00. The van der Waals surface area contributed by atoms with Gasteiger partial charge in [0.05, 0.1) is 17.2 Å². The number of benzene rings is 2. The van der Waals surface area contributed by atoms with Crippen molar-refractivity contribution in [2.75, 3.05) is 11.3 Å². The molecule has 2 aromatic rings. The predicted octanol–water partition coefficient (Wildman–Crippen LogP) is 4.14. The van der Waals surface area contributed by atoms with Crippen LogP contribution in [0.3, 0.4) is 0 Å². The number of allylic oxidation sites excluding steroid dienone is 1. The van der Waals surface area contributed by atoms with Crippen molar-refractivity contribution in [1.29, 1.82) is 0 Å². The third-order valence-electron chi connectivity index (χ3n) is 4.90. The molecular weight excluding hydrogens is 362 g/mol. The van der Waals surface area contributed by atoms with Gasteiger partial charge in [-0.1, -0.05) is 24.3 Å². The molecule has 2 aliphatic rings. The summed E-state index contributed by atoms with van der Waals surface area (Å²) in [5, 5.41) is 0. The van der Waals surface area contributed by atoms with Crippen LogP contribution in [0.1, 0.15) is 37.0 Å². The van der Waals surface area contributed by atoms with Crippen LogP contribution in [0.25, 0.3) is 6.08 Å². The second-order valence-electron chi connectivity index (χ2n) is 6.94. The summed E-state index contributed by atoms with van der Waals surface area (Å²) in [4.78, 5) is 0.387. The highest BCUT2D eigenvalue weighted by atomic mass is 32.2. The molecule has 0 fully saturated rings. The fourth-order valence-corrected chi connectivity index (χ4v) is 4.86. The van der Waals surface area contributed by atoms with Gasteiger partial charge in [0, 0.05) is 18.1 Å². The summed E-state index contributed by atoms with van der Waals surface area (Å²) in [7, 11) is -3.68. The van der Waals surface area contributed by atoms with Gasteiger partial charge in [-0.3, -0.25) is 4.72 Å². The molecule has 0 spiro atoms. The average molecular weight is 385 g/mol. The van der Waals surface area contributed by atoms with Crippen LogP contribution in [0.15, 0.2) is 41.3 Å². The number of hydrogen-bond acceptors (Lipinski definition) is 4. The van der Waals surface area contributed by atoms with Gasteiger partial charge in [0.15, 0.2) is 0 Å². The molecule has 0 amide bonds. The maximum atomic E-state index is 13.0. The highest BCUT2D eigenvalue weighted by molar-refractivity contribution is 7.96. The number of aryl methyl sites for hydroxylation is 1. The molecule has 0 saturated heterocycles. The molecule has 0 aromatic heterocycles. The van der Waals surface area contributed by atoms with E-state index in [0.717, 1.165) is 17.5 Å². The number of nitrogens with one attached hydrogen (secondary N) is 1. The second-order valence-corrected chi connectivity index (χ2v) is 8.67. The standard InChI is InChI=1S/C21H23NO4S/c1-3-25-21-12-17-10-14(2)26-20(17)13-19(21)22-27(23,24)18-9-8-15-6-4-5-7-16(15)11-18/h4-7,11-14,22H,3,8-10H2,1-2H3/t14-/m1/s1. The lowest BCUT2D eigenvalue weighted by Gasteiger charge is -2.19. The minimum atomic E-state index is -3.68. The largest absolute Gasteiger partial charge is 0.492 e. The van der Waals surface area contributed by atoms with Crippen LogP contribution in [-0.4, -0.2) is 21.1 Å². The highest BCUT2D eigenvalue weighted by Crippen LogP contribution is 2.39. The minimum Gasteiger partial charge on any atom is -0.492 e. The van der Waals surface area contributed by atoms with Gasteiger partial charge in [-0.15, -0.1) is 0 Å². The van der Waals surface area contributed by atoms with Gasteiger partial charge in [-0.25, -0.2) is 8.42 Å². The van der Waals surface area contributed by atoms with Crippen LogP contribution in [-0.2, 0) is 22.9 Å². The first-order valence-corrected chi connectivity index (χ1v) is 10.7. The molecular formula is C21H23NO4S. The van der Waals surface area contributed by atoms with Crippen LogP contribution >= 0.6 is 0 Å². The molecule has 0 bridgehead atoms. The number of hydrogen-bond donors (Lipinski definition) is 1. The molecule has 1 atom stereocenters. The number of ether oxygens (including phenoxy) is 2. The second kappa shape index (κ2) is 6.93. The Morgan fingerprint density at radius 1 is 1.19 bits per heavy atom. The van der Waals surface area contributed by atoms with E-state index in [1.807, 2.05) is 44.2 Å². The van der Waals surface area contributed by atoms with Crippen molar-refractivity contribution in [3.63, 3.8) is 0 Å². The first kappa shape index (κ1) is 17.9. The van der Waals surface area contributed by atoms with E-state index >= 15 is 0 Å². The van der Waals surface area contributed by atoms with Crippen molar-refractivity contribution in [3.8, 4) is 11.5 Å². The van der Waals surface area contributed by atoms with E-state index in [9.17, 15) is 8.42 Å². The monoisotopic (exact) mass is 385 g/mol. The fraction of sp³-hybridized carbons (Fsp3) is 0.333. The SMILES string of the molecule is CCOc1cc2c(cc1NS(=O)(=O)C1=Cc3ccccc3CC1)O[C@H](C)C2. The Labute approximate surface area is 160 Å². The van der Waals surface area contributed by atoms with Crippen molar-refractivity contribution in [2.45, 2.75) is 39.2 Å². The molecule has 1 aliphatic heterocycles. The van der Waals surface area contributed by atoms with Crippen LogP contribution in [0.4, 0.5) is 5.69 Å². The number of rotatable bonds is 5. The normalized spacial score (nSPS) is 18.1. The van der Waals surface area contributed by atoms with Crippen molar-refractivity contribution in [1.82, 2.24) is 0 Å². The van der Waals surface area contributed by atoms with Crippen LogP contribution < -0.4 is 14.2 Å². The first-order valence-electron chi connectivity index (χ1n) is 9.24. The van der Waals surface area contributed by atoms with E-state index in [1.165, 1.54) is 5.56 Å². The molecule has 4 rings (SSSR count). The topological polar surface area (TPSA) is 64.6 Å². The smallest absolute Gasteiger partial charge is 0.258 e. The summed E-state index contributed by atoms with van der Waals surface area (Å²) in [5.74, 6) is 1.25. The van der Waals surface area contributed by atoms with E-state index in [2.05, 4.69) is 4.72 Å². The summed E-state index contributed by atoms with van der Waals surface area (Å²) >= 11 is 0. The Morgan fingerprint density at radius 3 is 2.81 bits per heavy atom. The predicted molar refractivity (Wildman–Crippen MR) is 107 cm³/mol. The molecule has 27 heavy (non-hydrogen) atoms. The number of anilines is 1. The van der Waals surface area contributed by atoms with Crippen molar-refractivity contribution < 1.29 is 17.9 Å². The Bertz CT molecular complexity index is 1010. The van der Waals surface area contributed by atoms with Gasteiger partial charge in [0.1, 0.15) is 17.6 Å². The van der Waals surface area contributed by atoms with E-state index in [-0.39, 0.29) is 6.10 Å². The Morgan fingerprint density at radius 2 is 2.00 bits per heavy atom. The van der Waals surface area contributed by atoms with Crippen molar-refractivity contribution in [2.24, 2.45) is 0 Å². The molecule has 1 heterocycles. The van der Waals surface area contributed by atoms with Crippen LogP contribution in [0.5, 0.6) is 11.5 Å². The van der Waals surface area contributed by atoms with Gasteiger partial charge < -0.3 is 9.47 Å². The Balaban J connectivity index is 1.67. The van der Waals surface area contributed by atoms with Crippen molar-refractivity contribution >= 4 is 21.8 Å². The maximum Gasteiger partial charge on any atom is 0.258 e. The lowest BCUT2D eigenvalue weighted by atomic mass is 9.98. The molecule has 142 valence electrons.